The summed E-state index contributed by atoms with van der Waals surface area (Å²) >= 11 is 0. The Bertz CT molecular complexity index is 687. The lowest BCUT2D eigenvalue weighted by Gasteiger charge is -1.99. The fourth-order valence-electron chi connectivity index (χ4n) is 2.13. The predicted octanol–water partition coefficient (Wildman–Crippen LogP) is 4.35. The number of rotatable bonds is 3. The molecule has 0 atom stereocenters. The van der Waals surface area contributed by atoms with Gasteiger partial charge in [-0.3, -0.25) is 0 Å². The molecule has 0 bridgehead atoms. The quantitative estimate of drug-likeness (QED) is 0.634. The summed E-state index contributed by atoms with van der Waals surface area (Å²) in [5.74, 6) is 0. The van der Waals surface area contributed by atoms with Crippen molar-refractivity contribution in [3.8, 4) is 22.4 Å². The van der Waals surface area contributed by atoms with Crippen molar-refractivity contribution in [1.29, 1.82) is 0 Å². The Morgan fingerprint density at radius 2 is 1.32 bits per heavy atom. The maximum Gasteiger partial charge on any atom is 0.0757 e. The minimum atomic E-state index is 0.800. The number of benzene rings is 2. The predicted molar refractivity (Wildman–Crippen MR) is 76.5 cm³/mol. The van der Waals surface area contributed by atoms with Crippen molar-refractivity contribution in [2.75, 3.05) is 0 Å². The molecule has 0 aliphatic heterocycles. The Hall–Kier alpha value is -2.68. The van der Waals surface area contributed by atoms with Crippen LogP contribution >= 0.6 is 0 Å². The molecule has 3 nitrogen and oxygen atoms in total. The van der Waals surface area contributed by atoms with Gasteiger partial charge in [-0.2, -0.15) is 0 Å². The van der Waals surface area contributed by atoms with Gasteiger partial charge in [0.2, 0.25) is 0 Å². The van der Waals surface area contributed by atoms with Gasteiger partial charge in [0.1, 0.15) is 0 Å². The second-order valence-corrected chi connectivity index (χ2v) is 4.27. The summed E-state index contributed by atoms with van der Waals surface area (Å²) in [6, 6.07) is 21.7. The van der Waals surface area contributed by atoms with Crippen LogP contribution in [0.25, 0.3) is 22.4 Å². The Labute approximate surface area is 111 Å². The largest absolute Gasteiger partial charge is 0.203 e. The van der Waals surface area contributed by atoms with Crippen LogP contribution in [0.3, 0.4) is 0 Å². The monoisotopic (exact) mass is 248 g/mol. The third kappa shape index (κ3) is 2.18. The molecule has 0 saturated heterocycles. The van der Waals surface area contributed by atoms with Gasteiger partial charge >= 0.3 is 0 Å². The van der Waals surface area contributed by atoms with Gasteiger partial charge < -0.3 is 0 Å². The van der Waals surface area contributed by atoms with Gasteiger partial charge in [0.25, 0.3) is 0 Å². The Kier molecular flexibility index (Phi) is 2.94. The van der Waals surface area contributed by atoms with E-state index in [1.807, 2.05) is 66.7 Å². The van der Waals surface area contributed by atoms with Gasteiger partial charge in [0.05, 0.1) is 11.0 Å². The molecule has 3 heteroatoms. The lowest BCUT2D eigenvalue weighted by atomic mass is 10.1. The minimum absolute atomic E-state index is 0.800. The lowest BCUT2D eigenvalue weighted by Crippen LogP contribution is -1.87. The highest BCUT2D eigenvalue weighted by Gasteiger charge is 2.09. The van der Waals surface area contributed by atoms with Crippen LogP contribution in [0.4, 0.5) is 0 Å². The highest BCUT2D eigenvalue weighted by atomic mass is 16.3. The van der Waals surface area contributed by atoms with Crippen molar-refractivity contribution >= 4 is 0 Å². The molecule has 3 rings (SSSR count). The second-order valence-electron chi connectivity index (χ2n) is 4.27. The summed E-state index contributed by atoms with van der Waals surface area (Å²) in [7, 11) is 0. The van der Waals surface area contributed by atoms with Gasteiger partial charge in [-0.15, -0.1) is 4.91 Å². The highest BCUT2D eigenvalue weighted by Crippen LogP contribution is 2.28. The standard InChI is InChI=1S/C16H12N2O/c19-17-18-12-15(13-7-3-1-4-8-13)11-16(18)14-9-5-2-6-10-14/h1-12H. The van der Waals surface area contributed by atoms with E-state index in [2.05, 4.69) is 5.29 Å². The van der Waals surface area contributed by atoms with Crippen molar-refractivity contribution in [2.24, 2.45) is 5.29 Å². The summed E-state index contributed by atoms with van der Waals surface area (Å²) < 4.78 is 1.37. The maximum atomic E-state index is 11.0. The molecular formula is C16H12N2O. The molecule has 0 unspecified atom stereocenters. The molecule has 1 aromatic heterocycles. The van der Waals surface area contributed by atoms with Gasteiger partial charge in [0.15, 0.2) is 0 Å². The van der Waals surface area contributed by atoms with Crippen LogP contribution in [0.2, 0.25) is 0 Å². The number of hydrogen-bond donors (Lipinski definition) is 0. The zero-order valence-corrected chi connectivity index (χ0v) is 10.2. The van der Waals surface area contributed by atoms with Crippen LogP contribution in [-0.4, -0.2) is 4.68 Å². The first-order valence-corrected chi connectivity index (χ1v) is 6.05. The fourth-order valence-corrected chi connectivity index (χ4v) is 2.13. The Balaban J connectivity index is 2.12. The van der Waals surface area contributed by atoms with E-state index in [1.54, 1.807) is 6.20 Å². The highest BCUT2D eigenvalue weighted by molar-refractivity contribution is 5.72. The zero-order chi connectivity index (χ0) is 13.1. The lowest BCUT2D eigenvalue weighted by molar-refractivity contribution is 0.886. The molecule has 92 valence electrons. The van der Waals surface area contributed by atoms with Crippen molar-refractivity contribution in [2.45, 2.75) is 0 Å². The molecule has 0 saturated carbocycles. The Morgan fingerprint density at radius 1 is 0.737 bits per heavy atom. The van der Waals surface area contributed by atoms with Crippen LogP contribution in [0, 0.1) is 4.91 Å². The number of nitrogens with zero attached hydrogens (tertiary/aromatic N) is 2. The molecule has 3 aromatic rings. The average molecular weight is 248 g/mol. The summed E-state index contributed by atoms with van der Waals surface area (Å²) in [6.07, 6.45) is 1.75. The van der Waals surface area contributed by atoms with E-state index in [9.17, 15) is 4.91 Å². The van der Waals surface area contributed by atoms with Gasteiger partial charge in [-0.1, -0.05) is 60.7 Å². The molecule has 0 spiro atoms. The summed E-state index contributed by atoms with van der Waals surface area (Å²) in [4.78, 5) is 11.0. The smallest absolute Gasteiger partial charge is 0.0757 e. The van der Waals surface area contributed by atoms with E-state index in [4.69, 9.17) is 0 Å². The van der Waals surface area contributed by atoms with E-state index in [-0.39, 0.29) is 0 Å². The van der Waals surface area contributed by atoms with E-state index < -0.39 is 0 Å². The molecule has 19 heavy (non-hydrogen) atoms. The van der Waals surface area contributed by atoms with Crippen LogP contribution < -0.4 is 0 Å². The first-order chi connectivity index (χ1) is 9.38. The number of aromatic nitrogens is 1. The van der Waals surface area contributed by atoms with Gasteiger partial charge in [-0.05, 0) is 11.6 Å². The topological polar surface area (TPSA) is 34.4 Å². The minimum Gasteiger partial charge on any atom is -0.203 e. The average Bonchev–Trinajstić information content (AvgIpc) is 2.93. The zero-order valence-electron chi connectivity index (χ0n) is 10.2. The van der Waals surface area contributed by atoms with E-state index in [0.29, 0.717) is 0 Å². The number of nitroso groups, excluding NO2 is 1. The first kappa shape index (κ1) is 11.4. The normalized spacial score (nSPS) is 10.3. The third-order valence-electron chi connectivity index (χ3n) is 3.07. The van der Waals surface area contributed by atoms with Crippen LogP contribution in [-0.2, 0) is 0 Å². The molecule has 0 aliphatic carbocycles. The molecule has 0 amide bonds. The van der Waals surface area contributed by atoms with Crippen molar-refractivity contribution in [3.05, 3.63) is 77.8 Å². The molecule has 0 N–H and O–H groups in total. The van der Waals surface area contributed by atoms with Gasteiger partial charge in [-0.25, -0.2) is 4.68 Å². The van der Waals surface area contributed by atoms with Crippen molar-refractivity contribution < 1.29 is 0 Å². The molecule has 0 aliphatic rings. The molecule has 0 radical (unpaired) electrons. The second kappa shape index (κ2) is 4.90. The third-order valence-corrected chi connectivity index (χ3v) is 3.07. The van der Waals surface area contributed by atoms with E-state index in [0.717, 1.165) is 22.4 Å². The first-order valence-electron chi connectivity index (χ1n) is 6.05. The van der Waals surface area contributed by atoms with Crippen LogP contribution in [0.5, 0.6) is 0 Å². The number of hydrogen-bond acceptors (Lipinski definition) is 2. The molecule has 2 aromatic carbocycles. The van der Waals surface area contributed by atoms with Crippen LogP contribution in [0.15, 0.2) is 78.2 Å². The van der Waals surface area contributed by atoms with E-state index in [1.165, 1.54) is 4.68 Å². The van der Waals surface area contributed by atoms with Crippen molar-refractivity contribution in [1.82, 2.24) is 4.68 Å². The SMILES string of the molecule is O=Nn1cc(-c2ccccc2)cc1-c1ccccc1. The summed E-state index contributed by atoms with van der Waals surface area (Å²) in [5.41, 5.74) is 3.83. The Morgan fingerprint density at radius 3 is 1.89 bits per heavy atom. The van der Waals surface area contributed by atoms with Crippen molar-refractivity contribution in [3.63, 3.8) is 0 Å². The maximum absolute atomic E-state index is 11.0. The summed E-state index contributed by atoms with van der Waals surface area (Å²) in [6.45, 7) is 0. The summed E-state index contributed by atoms with van der Waals surface area (Å²) in [5, 5.41) is 3.06. The molecule has 0 fully saturated rings. The van der Waals surface area contributed by atoms with Gasteiger partial charge in [0, 0.05) is 17.3 Å². The fraction of sp³-hybridized carbons (Fsp3) is 0. The molecular weight excluding hydrogens is 236 g/mol. The molecule has 1 heterocycles. The van der Waals surface area contributed by atoms with E-state index >= 15 is 0 Å². The van der Waals surface area contributed by atoms with Crippen LogP contribution in [0.1, 0.15) is 0 Å².